The zero-order chi connectivity index (χ0) is 14.1. The van der Waals surface area contributed by atoms with Crippen molar-refractivity contribution in [2.45, 2.75) is 5.51 Å². The summed E-state index contributed by atoms with van der Waals surface area (Å²) in [4.78, 5) is 0. The van der Waals surface area contributed by atoms with Crippen molar-refractivity contribution in [2.75, 3.05) is 0 Å². The monoisotopic (exact) mass is 369 g/mol. The smallest absolute Gasteiger partial charge is 0.485 e. The van der Waals surface area contributed by atoms with E-state index in [0.717, 1.165) is 0 Å². The van der Waals surface area contributed by atoms with Crippen LogP contribution < -0.4 is 0 Å². The van der Waals surface area contributed by atoms with Gasteiger partial charge >= 0.3 is 5.51 Å². The summed E-state index contributed by atoms with van der Waals surface area (Å²) in [7, 11) is -6.09. The van der Waals surface area contributed by atoms with Gasteiger partial charge in [0.1, 0.15) is 0 Å². The van der Waals surface area contributed by atoms with Gasteiger partial charge in [-0.05, 0) is 0 Å². The van der Waals surface area contributed by atoms with Crippen LogP contribution in [0, 0.1) is 12.8 Å². The topological polar surface area (TPSA) is 57.2 Å². The number of hydrogen-bond acceptors (Lipinski definition) is 3. The molecule has 8 heteroatoms. The average molecular weight is 370 g/mol. The number of allylic oxidation sites excluding steroid dienone is 8. The Kier molecular flexibility index (Phi) is 11.4. The quantitative estimate of drug-likeness (QED) is 0.487. The number of rotatable bonds is 0. The predicted octanol–water partition coefficient (Wildman–Crippen LogP) is 2.68. The molecular weight excluding hydrogens is 360 g/mol. The third-order valence-corrected chi connectivity index (χ3v) is 1.96. The summed E-state index contributed by atoms with van der Waals surface area (Å²) in [5.41, 5.74) is -5.65. The van der Waals surface area contributed by atoms with Crippen molar-refractivity contribution in [3.05, 3.63) is 61.4 Å². The van der Waals surface area contributed by atoms with Gasteiger partial charge in [0.2, 0.25) is 0 Å². The molecule has 104 valence electrons. The van der Waals surface area contributed by atoms with Crippen LogP contribution >= 0.6 is 0 Å². The van der Waals surface area contributed by atoms with Crippen molar-refractivity contribution < 1.29 is 52.3 Å². The molecule has 3 nitrogen and oxygen atoms in total. The Morgan fingerprint density at radius 1 is 0.737 bits per heavy atom. The third-order valence-electron chi connectivity index (χ3n) is 1.39. The van der Waals surface area contributed by atoms with Gasteiger partial charge in [0.25, 0.3) is 0 Å². The number of hydrogen-bond donors (Lipinski definition) is 0. The molecule has 0 bridgehead atoms. The first-order chi connectivity index (χ1) is 8.25. The average Bonchev–Trinajstić information content (AvgIpc) is 2.95. The van der Waals surface area contributed by atoms with Crippen molar-refractivity contribution in [3.8, 4) is 0 Å². The van der Waals surface area contributed by atoms with Crippen molar-refractivity contribution in [3.63, 3.8) is 0 Å². The number of alkyl halides is 3. The largest absolute Gasteiger partial charge is 0.741 e. The summed E-state index contributed by atoms with van der Waals surface area (Å²) in [6.45, 7) is 0. The molecule has 0 saturated heterocycles. The van der Waals surface area contributed by atoms with Gasteiger partial charge in [0, 0.05) is 39.0 Å². The standard InChI is InChI=1S/2C5H5.CHF3O3S.Zr/c2*1-2-4-5-3-1;2-1(3,4)8(5,6)7;/h2*1-5H;(H,5,6,7);/p-1. The Balaban J connectivity index is 0. The predicted molar refractivity (Wildman–Crippen MR) is 60.9 cm³/mol. The van der Waals surface area contributed by atoms with Crippen LogP contribution in [0.2, 0.25) is 0 Å². The van der Waals surface area contributed by atoms with E-state index in [1.54, 1.807) is 0 Å². The SMILES string of the molecule is O=S(=O)([O-])C(F)(F)F.[CH]1C=CC=C1.[CH]1C=CC=C1.[Zr]. The van der Waals surface area contributed by atoms with Crippen molar-refractivity contribution >= 4 is 10.1 Å². The zero-order valence-electron chi connectivity index (χ0n) is 9.54. The third kappa shape index (κ3) is 12.3. The maximum absolute atomic E-state index is 10.7. The molecule has 0 N–H and O–H groups in total. The van der Waals surface area contributed by atoms with Crippen LogP contribution in [0.5, 0.6) is 0 Å². The van der Waals surface area contributed by atoms with Gasteiger partial charge in [0.05, 0.1) is 0 Å². The fourth-order valence-corrected chi connectivity index (χ4v) is 0.642. The Morgan fingerprint density at radius 3 is 1.00 bits per heavy atom. The van der Waals surface area contributed by atoms with Crippen molar-refractivity contribution in [2.24, 2.45) is 0 Å². The fraction of sp³-hybridized carbons (Fsp3) is 0.0909. The Bertz CT molecular complexity index is 406. The summed E-state index contributed by atoms with van der Waals surface area (Å²) < 4.78 is 58.9. The molecule has 0 spiro atoms. The van der Waals surface area contributed by atoms with E-state index in [4.69, 9.17) is 13.0 Å². The summed E-state index contributed by atoms with van der Waals surface area (Å²) in [5, 5.41) is 0. The minimum atomic E-state index is -6.09. The molecule has 0 aromatic rings. The summed E-state index contributed by atoms with van der Waals surface area (Å²) in [6.07, 6.45) is 20.0. The maximum Gasteiger partial charge on any atom is 0.485 e. The second-order valence-electron chi connectivity index (χ2n) is 2.82. The van der Waals surface area contributed by atoms with Gasteiger partial charge in [-0.25, -0.2) is 8.42 Å². The molecule has 2 aliphatic rings. The van der Waals surface area contributed by atoms with E-state index in [-0.39, 0.29) is 26.2 Å². The van der Waals surface area contributed by atoms with E-state index in [9.17, 15) is 13.2 Å². The molecule has 0 unspecified atom stereocenters. The van der Waals surface area contributed by atoms with E-state index < -0.39 is 15.6 Å². The van der Waals surface area contributed by atoms with Crippen LogP contribution in [-0.2, 0) is 36.3 Å². The minimum absolute atomic E-state index is 0. The summed E-state index contributed by atoms with van der Waals surface area (Å²) in [5.74, 6) is 0. The second-order valence-corrected chi connectivity index (χ2v) is 4.20. The molecule has 0 aliphatic heterocycles. The zero-order valence-corrected chi connectivity index (χ0v) is 12.8. The van der Waals surface area contributed by atoms with E-state index in [2.05, 4.69) is 0 Å². The molecule has 0 amide bonds. The van der Waals surface area contributed by atoms with Gasteiger partial charge < -0.3 is 4.55 Å². The van der Waals surface area contributed by atoms with Crippen LogP contribution in [0.25, 0.3) is 0 Å². The molecule has 2 aliphatic carbocycles. The molecule has 0 saturated carbocycles. The molecule has 0 aromatic carbocycles. The minimum Gasteiger partial charge on any atom is -0.741 e. The molecule has 0 fully saturated rings. The van der Waals surface area contributed by atoms with E-state index in [1.165, 1.54) is 0 Å². The molecule has 2 rings (SSSR count). The van der Waals surface area contributed by atoms with E-state index in [0.29, 0.717) is 0 Å². The van der Waals surface area contributed by atoms with E-state index >= 15 is 0 Å². The molecular formula is C11H10F3O3SZr-. The Hall–Kier alpha value is -0.457. The van der Waals surface area contributed by atoms with Crippen LogP contribution in [0.4, 0.5) is 13.2 Å². The van der Waals surface area contributed by atoms with Gasteiger partial charge in [0.15, 0.2) is 10.1 Å². The second kappa shape index (κ2) is 10.3. The summed E-state index contributed by atoms with van der Waals surface area (Å²) >= 11 is 0. The molecule has 0 heterocycles. The van der Waals surface area contributed by atoms with Gasteiger partial charge in [-0.15, -0.1) is 0 Å². The maximum atomic E-state index is 10.7. The van der Waals surface area contributed by atoms with Crippen molar-refractivity contribution in [1.82, 2.24) is 0 Å². The molecule has 19 heavy (non-hydrogen) atoms. The van der Waals surface area contributed by atoms with Crippen molar-refractivity contribution in [1.29, 1.82) is 0 Å². The van der Waals surface area contributed by atoms with E-state index in [1.807, 2.05) is 61.4 Å². The first kappa shape index (κ1) is 20.9. The number of halogens is 3. The summed E-state index contributed by atoms with van der Waals surface area (Å²) in [6, 6.07) is 0. The van der Waals surface area contributed by atoms with Crippen LogP contribution in [0.1, 0.15) is 0 Å². The first-order valence-corrected chi connectivity index (χ1v) is 6.01. The van der Waals surface area contributed by atoms with Crippen LogP contribution in [0.3, 0.4) is 0 Å². The Labute approximate surface area is 129 Å². The van der Waals surface area contributed by atoms with Gasteiger partial charge in [-0.1, -0.05) is 48.6 Å². The van der Waals surface area contributed by atoms with Gasteiger partial charge in [-0.2, -0.15) is 13.2 Å². The molecule has 2 radical (unpaired) electrons. The first-order valence-electron chi connectivity index (χ1n) is 4.60. The molecule has 0 aromatic heterocycles. The van der Waals surface area contributed by atoms with Gasteiger partial charge in [-0.3, -0.25) is 0 Å². The van der Waals surface area contributed by atoms with Crippen LogP contribution in [-0.4, -0.2) is 18.5 Å². The molecule has 0 atom stereocenters. The normalized spacial score (nSPS) is 15.2. The fourth-order valence-electron chi connectivity index (χ4n) is 0.642. The Morgan fingerprint density at radius 2 is 0.947 bits per heavy atom. The van der Waals surface area contributed by atoms with Crippen LogP contribution in [0.15, 0.2) is 48.6 Å².